The molecule has 1 aromatic rings. The van der Waals surface area contributed by atoms with Gasteiger partial charge in [0.2, 0.25) is 0 Å². The molecule has 4 N–H and O–H groups in total. The summed E-state index contributed by atoms with van der Waals surface area (Å²) in [4.78, 5) is 0. The zero-order valence-corrected chi connectivity index (χ0v) is 10.1. The molecule has 0 heterocycles. The summed E-state index contributed by atoms with van der Waals surface area (Å²) >= 11 is 0. The third-order valence-electron chi connectivity index (χ3n) is 2.67. The van der Waals surface area contributed by atoms with Crippen LogP contribution in [0.4, 0.5) is 13.2 Å². The smallest absolute Gasteiger partial charge is 0.303 e. The highest BCUT2D eigenvalue weighted by Gasteiger charge is 2.49. The zero-order chi connectivity index (χ0) is 13.4. The summed E-state index contributed by atoms with van der Waals surface area (Å²) in [7, 11) is 0. The van der Waals surface area contributed by atoms with Crippen molar-refractivity contribution in [1.29, 1.82) is 0 Å². The van der Waals surface area contributed by atoms with Crippen LogP contribution in [-0.2, 0) is 5.92 Å². The van der Waals surface area contributed by atoms with Crippen LogP contribution in [0.25, 0.3) is 0 Å². The van der Waals surface area contributed by atoms with Gasteiger partial charge in [0.05, 0.1) is 5.56 Å². The molecule has 0 saturated heterocycles. The second-order valence-corrected chi connectivity index (χ2v) is 4.74. The van der Waals surface area contributed by atoms with Crippen LogP contribution in [0.15, 0.2) is 18.2 Å². The van der Waals surface area contributed by atoms with E-state index < -0.39 is 28.9 Å². The van der Waals surface area contributed by atoms with E-state index in [2.05, 4.69) is 5.73 Å². The second kappa shape index (κ2) is 4.31. The van der Waals surface area contributed by atoms with Gasteiger partial charge >= 0.3 is 5.92 Å². The lowest BCUT2D eigenvalue weighted by molar-refractivity contribution is -0.421. The lowest BCUT2D eigenvalue weighted by Crippen LogP contribution is -2.52. The summed E-state index contributed by atoms with van der Waals surface area (Å²) in [5, 5.41) is 9.42. The van der Waals surface area contributed by atoms with E-state index in [4.69, 9.17) is 0 Å². The van der Waals surface area contributed by atoms with E-state index in [1.54, 1.807) is 6.92 Å². The van der Waals surface area contributed by atoms with Crippen LogP contribution in [0.1, 0.15) is 37.9 Å². The lowest BCUT2D eigenvalue weighted by Gasteiger charge is -2.30. The van der Waals surface area contributed by atoms with Gasteiger partial charge < -0.3 is 10.8 Å². The normalized spacial score (nSPS) is 14.8. The third kappa shape index (κ3) is 2.45. The highest BCUT2D eigenvalue weighted by Crippen LogP contribution is 2.40. The van der Waals surface area contributed by atoms with E-state index in [1.807, 2.05) is 0 Å². The van der Waals surface area contributed by atoms with Gasteiger partial charge in [-0.05, 0) is 26.8 Å². The molecule has 1 aromatic carbocycles. The van der Waals surface area contributed by atoms with Crippen LogP contribution in [0.2, 0.25) is 0 Å². The minimum absolute atomic E-state index is 0.117. The molecule has 0 aliphatic rings. The predicted molar refractivity (Wildman–Crippen MR) is 57.9 cm³/mol. The Morgan fingerprint density at radius 3 is 2.24 bits per heavy atom. The van der Waals surface area contributed by atoms with E-state index in [1.165, 1.54) is 12.1 Å². The molecule has 0 aliphatic heterocycles. The molecular formula is C12H17F3NO+. The Hall–Kier alpha value is -1.07. The maximum Gasteiger partial charge on any atom is 0.303 e. The van der Waals surface area contributed by atoms with Crippen molar-refractivity contribution in [2.45, 2.75) is 38.3 Å². The van der Waals surface area contributed by atoms with E-state index in [-0.39, 0.29) is 5.56 Å². The van der Waals surface area contributed by atoms with Gasteiger partial charge in [0.25, 0.3) is 0 Å². The summed E-state index contributed by atoms with van der Waals surface area (Å²) in [5.41, 5.74) is 0.608. The van der Waals surface area contributed by atoms with Crippen molar-refractivity contribution in [3.05, 3.63) is 35.1 Å². The Bertz CT molecular complexity index is 411. The minimum Gasteiger partial charge on any atom is -0.384 e. The van der Waals surface area contributed by atoms with Gasteiger partial charge in [-0.1, -0.05) is 12.1 Å². The van der Waals surface area contributed by atoms with E-state index >= 15 is 0 Å². The van der Waals surface area contributed by atoms with Crippen molar-refractivity contribution in [1.82, 2.24) is 0 Å². The van der Waals surface area contributed by atoms with Crippen molar-refractivity contribution in [2.75, 3.05) is 0 Å². The van der Waals surface area contributed by atoms with E-state index in [0.717, 1.165) is 19.9 Å². The number of benzene rings is 1. The third-order valence-corrected chi connectivity index (χ3v) is 2.67. The Labute approximate surface area is 98.3 Å². The number of quaternary nitrogens is 1. The molecule has 0 aliphatic carbocycles. The second-order valence-electron chi connectivity index (χ2n) is 4.74. The number of rotatable bonds is 3. The van der Waals surface area contributed by atoms with Crippen molar-refractivity contribution < 1.29 is 24.0 Å². The first-order valence-electron chi connectivity index (χ1n) is 5.31. The molecule has 0 bridgehead atoms. The maximum absolute atomic E-state index is 13.9. The molecule has 0 saturated carbocycles. The molecule has 0 radical (unpaired) electrons. The van der Waals surface area contributed by atoms with Gasteiger partial charge in [0.1, 0.15) is 17.5 Å². The molecule has 0 aromatic heterocycles. The first kappa shape index (κ1) is 14.0. The SMILES string of the molecule is C[C@@H]([NH3+])c1cccc(C(F)(F)C(C)(C)O)c1F. The van der Waals surface area contributed by atoms with Crippen molar-refractivity contribution in [3.63, 3.8) is 0 Å². The van der Waals surface area contributed by atoms with Crippen LogP contribution in [0.3, 0.4) is 0 Å². The van der Waals surface area contributed by atoms with Crippen molar-refractivity contribution in [2.24, 2.45) is 0 Å². The molecule has 2 nitrogen and oxygen atoms in total. The highest BCUT2D eigenvalue weighted by atomic mass is 19.3. The maximum atomic E-state index is 13.9. The molecule has 0 fully saturated rings. The van der Waals surface area contributed by atoms with Crippen molar-refractivity contribution in [3.8, 4) is 0 Å². The van der Waals surface area contributed by atoms with Gasteiger partial charge in [-0.2, -0.15) is 8.78 Å². The minimum atomic E-state index is -3.65. The summed E-state index contributed by atoms with van der Waals surface area (Å²) in [6, 6.07) is 3.30. The number of hydrogen-bond acceptors (Lipinski definition) is 1. The predicted octanol–water partition coefficient (Wildman–Crippen LogP) is 1.99. The van der Waals surface area contributed by atoms with Gasteiger partial charge in [0, 0.05) is 5.56 Å². The molecule has 0 amide bonds. The fourth-order valence-electron chi connectivity index (χ4n) is 1.50. The van der Waals surface area contributed by atoms with Gasteiger partial charge in [0.15, 0.2) is 0 Å². The Morgan fingerprint density at radius 1 is 1.29 bits per heavy atom. The largest absolute Gasteiger partial charge is 0.384 e. The molecule has 96 valence electrons. The first-order valence-corrected chi connectivity index (χ1v) is 5.31. The van der Waals surface area contributed by atoms with Crippen LogP contribution < -0.4 is 5.73 Å². The van der Waals surface area contributed by atoms with Crippen LogP contribution in [0.5, 0.6) is 0 Å². The Balaban J connectivity index is 3.38. The van der Waals surface area contributed by atoms with Crippen molar-refractivity contribution >= 4 is 0 Å². The van der Waals surface area contributed by atoms with Gasteiger partial charge in [-0.3, -0.25) is 0 Å². The topological polar surface area (TPSA) is 47.9 Å². The number of alkyl halides is 2. The average Bonchev–Trinajstić information content (AvgIpc) is 2.15. The van der Waals surface area contributed by atoms with Crippen LogP contribution in [-0.4, -0.2) is 10.7 Å². The van der Waals surface area contributed by atoms with Gasteiger partial charge in [-0.15, -0.1) is 0 Å². The Kier molecular flexibility index (Phi) is 3.55. The van der Waals surface area contributed by atoms with Gasteiger partial charge in [-0.25, -0.2) is 4.39 Å². The number of aliphatic hydroxyl groups is 1. The summed E-state index contributed by atoms with van der Waals surface area (Å²) < 4.78 is 41.6. The summed E-state index contributed by atoms with van der Waals surface area (Å²) in [6.45, 7) is 3.52. The molecule has 5 heteroatoms. The molecule has 17 heavy (non-hydrogen) atoms. The monoisotopic (exact) mass is 248 g/mol. The van der Waals surface area contributed by atoms with E-state index in [9.17, 15) is 18.3 Å². The standard InChI is InChI=1S/C12H16F3NO/c1-7(16)8-5-4-6-9(10(8)13)12(14,15)11(2,3)17/h4-7,17H,16H2,1-3H3/p+1/t7-/m1/s1. The average molecular weight is 248 g/mol. The molecule has 1 atom stereocenters. The zero-order valence-electron chi connectivity index (χ0n) is 10.1. The molecule has 0 unspecified atom stereocenters. The van der Waals surface area contributed by atoms with E-state index in [0.29, 0.717) is 0 Å². The number of hydrogen-bond donors (Lipinski definition) is 2. The fourth-order valence-corrected chi connectivity index (χ4v) is 1.50. The fraction of sp³-hybridized carbons (Fsp3) is 0.500. The lowest BCUT2D eigenvalue weighted by atomic mass is 9.91. The quantitative estimate of drug-likeness (QED) is 0.844. The number of halogens is 3. The highest BCUT2D eigenvalue weighted by molar-refractivity contribution is 5.31. The van der Waals surface area contributed by atoms with Crippen LogP contribution >= 0.6 is 0 Å². The Morgan fingerprint density at radius 2 is 1.82 bits per heavy atom. The first-order chi connectivity index (χ1) is 7.59. The van der Waals surface area contributed by atoms with Crippen LogP contribution in [0, 0.1) is 5.82 Å². The molecule has 1 rings (SSSR count). The molecular weight excluding hydrogens is 231 g/mol. The summed E-state index contributed by atoms with van der Waals surface area (Å²) in [6.07, 6.45) is 0. The summed E-state index contributed by atoms with van der Waals surface area (Å²) in [5.74, 6) is -4.65. The molecule has 0 spiro atoms.